The van der Waals surface area contributed by atoms with Crippen molar-refractivity contribution in [3.63, 3.8) is 0 Å². The molecule has 0 rings (SSSR count). The van der Waals surface area contributed by atoms with Crippen LogP contribution in [0.25, 0.3) is 0 Å². The first-order chi connectivity index (χ1) is 6.24. The SMILES string of the molecule is CC[N+](CC)(CC)CC.C[Si](C)(C)O. The molecule has 0 aliphatic heterocycles. The fraction of sp³-hybridized carbons (Fsp3) is 1.00. The topological polar surface area (TPSA) is 20.2 Å². The zero-order valence-electron chi connectivity index (χ0n) is 11.2. The van der Waals surface area contributed by atoms with E-state index in [9.17, 15) is 0 Å². The minimum Gasteiger partial charge on any atom is -0.433 e. The molecular weight excluding hydrogens is 190 g/mol. The first-order valence-electron chi connectivity index (χ1n) is 5.82. The average Bonchev–Trinajstić information content (AvgIpc) is 2.07. The zero-order chi connectivity index (χ0) is 11.8. The minimum absolute atomic E-state index is 1.28. The molecule has 0 atom stereocenters. The van der Waals surface area contributed by atoms with Crippen LogP contribution in [0.2, 0.25) is 19.6 Å². The number of quaternary nitrogens is 1. The summed E-state index contributed by atoms with van der Waals surface area (Å²) in [6.07, 6.45) is 0. The minimum atomic E-state index is -1.61. The quantitative estimate of drug-likeness (QED) is 0.570. The Hall–Kier alpha value is 0.137. The van der Waals surface area contributed by atoms with E-state index in [-0.39, 0.29) is 0 Å². The predicted octanol–water partition coefficient (Wildman–Crippen LogP) is 2.70. The lowest BCUT2D eigenvalue weighted by atomic mass is 10.3. The van der Waals surface area contributed by atoms with Crippen molar-refractivity contribution in [2.45, 2.75) is 47.3 Å². The van der Waals surface area contributed by atoms with E-state index in [1.54, 1.807) is 0 Å². The maximum absolute atomic E-state index is 8.66. The maximum atomic E-state index is 8.66. The van der Waals surface area contributed by atoms with Crippen LogP contribution in [-0.2, 0) is 0 Å². The standard InChI is InChI=1S/C8H20N.C3H10OSi/c1-5-9(6-2,7-3)8-4;1-5(2,3)4/h5-8H2,1-4H3;4H,1-3H3/q+1;. The molecule has 0 aromatic heterocycles. The summed E-state index contributed by atoms with van der Waals surface area (Å²) in [5.74, 6) is 0. The molecule has 2 nitrogen and oxygen atoms in total. The molecule has 0 aliphatic carbocycles. The molecule has 0 fully saturated rings. The lowest BCUT2D eigenvalue weighted by molar-refractivity contribution is -0.921. The average molecular weight is 220 g/mol. The van der Waals surface area contributed by atoms with Gasteiger partial charge in [0.1, 0.15) is 0 Å². The molecule has 0 aliphatic rings. The second kappa shape index (κ2) is 7.43. The summed E-state index contributed by atoms with van der Waals surface area (Å²) >= 11 is 0. The third-order valence-corrected chi connectivity index (χ3v) is 2.68. The van der Waals surface area contributed by atoms with Crippen LogP contribution in [0.1, 0.15) is 27.7 Å². The van der Waals surface area contributed by atoms with Gasteiger partial charge >= 0.3 is 0 Å². The monoisotopic (exact) mass is 220 g/mol. The Morgan fingerprint density at radius 2 is 0.929 bits per heavy atom. The summed E-state index contributed by atoms with van der Waals surface area (Å²) < 4.78 is 1.28. The van der Waals surface area contributed by atoms with Crippen LogP contribution in [0.15, 0.2) is 0 Å². The van der Waals surface area contributed by atoms with Gasteiger partial charge in [-0.25, -0.2) is 0 Å². The fourth-order valence-corrected chi connectivity index (χ4v) is 1.34. The number of hydrogen-bond donors (Lipinski definition) is 1. The van der Waals surface area contributed by atoms with Gasteiger partial charge in [-0.3, -0.25) is 0 Å². The molecule has 0 spiro atoms. The van der Waals surface area contributed by atoms with Crippen LogP contribution < -0.4 is 0 Å². The van der Waals surface area contributed by atoms with Gasteiger partial charge in [-0.15, -0.1) is 0 Å². The van der Waals surface area contributed by atoms with Gasteiger partial charge in [0.05, 0.1) is 26.2 Å². The summed E-state index contributed by atoms with van der Waals surface area (Å²) in [6, 6.07) is 0. The summed E-state index contributed by atoms with van der Waals surface area (Å²) in [7, 11) is -1.61. The van der Waals surface area contributed by atoms with E-state index >= 15 is 0 Å². The van der Waals surface area contributed by atoms with E-state index < -0.39 is 8.32 Å². The van der Waals surface area contributed by atoms with E-state index in [4.69, 9.17) is 4.80 Å². The number of hydrogen-bond acceptors (Lipinski definition) is 1. The molecule has 0 aromatic carbocycles. The summed E-state index contributed by atoms with van der Waals surface area (Å²) in [5, 5.41) is 0. The molecular formula is C11H30NOSi+. The highest BCUT2D eigenvalue weighted by Crippen LogP contribution is 2.03. The van der Waals surface area contributed by atoms with E-state index in [1.165, 1.54) is 30.7 Å². The molecule has 0 amide bonds. The molecule has 0 aromatic rings. The van der Waals surface area contributed by atoms with Crippen molar-refractivity contribution in [2.24, 2.45) is 0 Å². The first-order valence-corrected chi connectivity index (χ1v) is 9.26. The molecule has 0 saturated carbocycles. The highest BCUT2D eigenvalue weighted by Gasteiger charge is 2.16. The Bertz CT molecular complexity index is 104. The third kappa shape index (κ3) is 10.2. The van der Waals surface area contributed by atoms with Crippen LogP contribution in [0.4, 0.5) is 0 Å². The van der Waals surface area contributed by atoms with Crippen molar-refractivity contribution in [3.05, 3.63) is 0 Å². The number of rotatable bonds is 4. The highest BCUT2D eigenvalue weighted by atomic mass is 28.4. The largest absolute Gasteiger partial charge is 0.433 e. The maximum Gasteiger partial charge on any atom is 0.179 e. The Morgan fingerprint density at radius 3 is 0.929 bits per heavy atom. The normalized spacial score (nSPS) is 12.0. The van der Waals surface area contributed by atoms with E-state index in [0.717, 1.165) is 0 Å². The summed E-state index contributed by atoms with van der Waals surface area (Å²) in [5.41, 5.74) is 0. The van der Waals surface area contributed by atoms with Gasteiger partial charge in [0, 0.05) is 0 Å². The highest BCUT2D eigenvalue weighted by molar-refractivity contribution is 6.68. The Morgan fingerprint density at radius 1 is 0.786 bits per heavy atom. The van der Waals surface area contributed by atoms with E-state index in [0.29, 0.717) is 0 Å². The summed E-state index contributed by atoms with van der Waals surface area (Å²) in [6.45, 7) is 19.9. The smallest absolute Gasteiger partial charge is 0.179 e. The molecule has 3 heteroatoms. The Balaban J connectivity index is 0. The van der Waals surface area contributed by atoms with Crippen molar-refractivity contribution >= 4 is 8.32 Å². The molecule has 0 unspecified atom stereocenters. The van der Waals surface area contributed by atoms with E-state index in [2.05, 4.69) is 27.7 Å². The van der Waals surface area contributed by atoms with Crippen molar-refractivity contribution < 1.29 is 9.28 Å². The second-order valence-electron chi connectivity index (χ2n) is 4.78. The fourth-order valence-electron chi connectivity index (χ4n) is 1.34. The zero-order valence-corrected chi connectivity index (χ0v) is 12.2. The van der Waals surface area contributed by atoms with Crippen LogP contribution in [0, 0.1) is 0 Å². The van der Waals surface area contributed by atoms with Crippen molar-refractivity contribution in [2.75, 3.05) is 26.2 Å². The van der Waals surface area contributed by atoms with Gasteiger partial charge in [-0.1, -0.05) is 0 Å². The Kier molecular flexibility index (Phi) is 8.79. The Labute approximate surface area is 91.7 Å². The molecule has 1 N–H and O–H groups in total. The summed E-state index contributed by atoms with van der Waals surface area (Å²) in [4.78, 5) is 8.66. The molecule has 88 valence electrons. The van der Waals surface area contributed by atoms with Crippen LogP contribution in [0.5, 0.6) is 0 Å². The van der Waals surface area contributed by atoms with Crippen LogP contribution in [-0.4, -0.2) is 43.8 Å². The van der Waals surface area contributed by atoms with Crippen LogP contribution >= 0.6 is 0 Å². The van der Waals surface area contributed by atoms with Gasteiger partial charge in [-0.05, 0) is 47.3 Å². The van der Waals surface area contributed by atoms with Crippen molar-refractivity contribution in [1.29, 1.82) is 0 Å². The van der Waals surface area contributed by atoms with Crippen molar-refractivity contribution in [1.82, 2.24) is 0 Å². The first kappa shape index (κ1) is 16.6. The van der Waals surface area contributed by atoms with Gasteiger partial charge in [0.2, 0.25) is 0 Å². The van der Waals surface area contributed by atoms with Gasteiger partial charge < -0.3 is 9.28 Å². The molecule has 14 heavy (non-hydrogen) atoms. The van der Waals surface area contributed by atoms with Crippen LogP contribution in [0.3, 0.4) is 0 Å². The van der Waals surface area contributed by atoms with Gasteiger partial charge in [0.15, 0.2) is 8.32 Å². The number of nitrogens with zero attached hydrogens (tertiary/aromatic N) is 1. The predicted molar refractivity (Wildman–Crippen MR) is 68.0 cm³/mol. The van der Waals surface area contributed by atoms with E-state index in [1.807, 2.05) is 19.6 Å². The molecule has 0 heterocycles. The third-order valence-electron chi connectivity index (χ3n) is 2.68. The van der Waals surface area contributed by atoms with Gasteiger partial charge in [-0.2, -0.15) is 0 Å². The second-order valence-corrected chi connectivity index (χ2v) is 9.12. The molecule has 0 saturated heterocycles. The lowest BCUT2D eigenvalue weighted by Gasteiger charge is -2.34. The van der Waals surface area contributed by atoms with Crippen molar-refractivity contribution in [3.8, 4) is 0 Å². The lowest BCUT2D eigenvalue weighted by Crippen LogP contribution is -2.47. The molecule has 0 radical (unpaired) electrons. The van der Waals surface area contributed by atoms with Gasteiger partial charge in [0.25, 0.3) is 0 Å². The molecule has 0 bridgehead atoms.